The van der Waals surface area contributed by atoms with Gasteiger partial charge in [0, 0.05) is 24.3 Å². The lowest BCUT2D eigenvalue weighted by Crippen LogP contribution is -2.36. The van der Waals surface area contributed by atoms with E-state index in [1.165, 1.54) is 11.4 Å². The summed E-state index contributed by atoms with van der Waals surface area (Å²) in [6.45, 7) is 7.58. The number of fused-ring (bicyclic) bond motifs is 1. The van der Waals surface area contributed by atoms with Crippen LogP contribution >= 0.6 is 0 Å². The summed E-state index contributed by atoms with van der Waals surface area (Å²) < 4.78 is 34.8. The van der Waals surface area contributed by atoms with Crippen LogP contribution in [0.15, 0.2) is 47.4 Å². The molecule has 3 aromatic rings. The molecule has 0 radical (unpaired) electrons. The number of carbonyl (C=O) groups is 2. The summed E-state index contributed by atoms with van der Waals surface area (Å²) in [4.78, 5) is 25.9. The molecule has 7 nitrogen and oxygen atoms in total. The first-order valence-electron chi connectivity index (χ1n) is 11.0. The molecule has 176 valence electrons. The topological polar surface area (TPSA) is 85.7 Å². The van der Waals surface area contributed by atoms with Gasteiger partial charge in [0.05, 0.1) is 18.6 Å². The molecule has 0 aliphatic heterocycles. The molecule has 0 atom stereocenters. The Labute approximate surface area is 195 Å². The van der Waals surface area contributed by atoms with Gasteiger partial charge in [0.1, 0.15) is 5.69 Å². The molecule has 0 N–H and O–H groups in total. The summed E-state index contributed by atoms with van der Waals surface area (Å²) in [5, 5.41) is 1.76. The lowest BCUT2D eigenvalue weighted by molar-refractivity contribution is 0.0587. The first kappa shape index (κ1) is 24.7. The van der Waals surface area contributed by atoms with Gasteiger partial charge in [0.25, 0.3) is 0 Å². The summed E-state index contributed by atoms with van der Waals surface area (Å²) in [5.74, 6) is -0.870. The van der Waals surface area contributed by atoms with Crippen LogP contribution in [0, 0.1) is 13.8 Å². The van der Waals surface area contributed by atoms with Crippen LogP contribution in [0.3, 0.4) is 0 Å². The van der Waals surface area contributed by atoms with E-state index in [9.17, 15) is 18.0 Å². The van der Waals surface area contributed by atoms with Crippen molar-refractivity contribution >= 4 is 32.5 Å². The number of carbonyl (C=O) groups excluding carboxylic acids is 2. The molecule has 0 aliphatic carbocycles. The van der Waals surface area contributed by atoms with Crippen molar-refractivity contribution in [2.45, 2.75) is 45.6 Å². The summed E-state index contributed by atoms with van der Waals surface area (Å²) in [7, 11) is -2.60. The molecule has 0 spiro atoms. The Bertz CT molecular complexity index is 1310. The number of hydrogen-bond acceptors (Lipinski definition) is 5. The van der Waals surface area contributed by atoms with E-state index in [1.807, 2.05) is 38.1 Å². The van der Waals surface area contributed by atoms with Crippen LogP contribution in [-0.2, 0) is 21.3 Å². The number of ether oxygens (including phenoxy) is 1. The summed E-state index contributed by atoms with van der Waals surface area (Å²) in [5.41, 5.74) is 1.82. The fourth-order valence-corrected chi connectivity index (χ4v) is 5.83. The molecule has 3 rings (SSSR count). The van der Waals surface area contributed by atoms with E-state index in [4.69, 9.17) is 4.74 Å². The van der Waals surface area contributed by atoms with E-state index >= 15 is 0 Å². The van der Waals surface area contributed by atoms with Crippen molar-refractivity contribution in [1.29, 1.82) is 0 Å². The van der Waals surface area contributed by atoms with Crippen molar-refractivity contribution in [2.24, 2.45) is 0 Å². The van der Waals surface area contributed by atoms with Gasteiger partial charge >= 0.3 is 5.97 Å². The molecule has 0 unspecified atom stereocenters. The van der Waals surface area contributed by atoms with Crippen LogP contribution in [0.5, 0.6) is 0 Å². The molecule has 8 heteroatoms. The average molecular weight is 471 g/mol. The Morgan fingerprint density at radius 2 is 1.70 bits per heavy atom. The lowest BCUT2D eigenvalue weighted by atomic mass is 10.1. The summed E-state index contributed by atoms with van der Waals surface area (Å²) >= 11 is 0. The first-order valence-corrected chi connectivity index (χ1v) is 12.4. The van der Waals surface area contributed by atoms with Gasteiger partial charge in [-0.25, -0.2) is 13.2 Å². The minimum absolute atomic E-state index is 0.150. The van der Waals surface area contributed by atoms with Crippen LogP contribution in [0.4, 0.5) is 0 Å². The number of methoxy groups -OCH3 is 1. The monoisotopic (exact) mass is 470 g/mol. The fourth-order valence-electron chi connectivity index (χ4n) is 4.31. The Morgan fingerprint density at radius 3 is 2.30 bits per heavy atom. The second kappa shape index (κ2) is 9.89. The van der Waals surface area contributed by atoms with Gasteiger partial charge in [-0.3, -0.25) is 4.79 Å². The van der Waals surface area contributed by atoms with Gasteiger partial charge in [-0.2, -0.15) is 4.31 Å². The maximum atomic E-state index is 13.5. The molecule has 0 aliphatic rings. The van der Waals surface area contributed by atoms with Crippen molar-refractivity contribution in [3.63, 3.8) is 0 Å². The van der Waals surface area contributed by atoms with Gasteiger partial charge in [-0.1, -0.05) is 37.3 Å². The number of rotatable bonds is 9. The number of sulfonamides is 1. The predicted octanol–water partition coefficient (Wildman–Crippen LogP) is 4.35. The average Bonchev–Trinajstić information content (AvgIpc) is 3.06. The Kier molecular flexibility index (Phi) is 7.39. The number of hydrogen-bond donors (Lipinski definition) is 0. The number of benzene rings is 2. The highest BCUT2D eigenvalue weighted by atomic mass is 32.2. The van der Waals surface area contributed by atoms with Crippen molar-refractivity contribution in [2.75, 3.05) is 20.2 Å². The third-order valence-corrected chi connectivity index (χ3v) is 7.73. The molecule has 1 heterocycles. The number of esters is 1. The van der Waals surface area contributed by atoms with Crippen LogP contribution < -0.4 is 0 Å². The standard InChI is InChI=1S/C25H30N2O5S/c1-6-14-26(33(30,31)21-13-12-19-10-8-9-11-20(19)15-21)16-22(28)23-17(3)24(25(29)32-5)27(7-2)18(23)4/h8-13,15H,6-7,14,16H2,1-5H3. The molecular formula is C25H30N2O5S. The minimum Gasteiger partial charge on any atom is -0.464 e. The molecule has 0 saturated heterocycles. The molecule has 0 fully saturated rings. The summed E-state index contributed by atoms with van der Waals surface area (Å²) in [6.07, 6.45) is 0.557. The molecule has 2 aromatic carbocycles. The predicted molar refractivity (Wildman–Crippen MR) is 128 cm³/mol. The van der Waals surface area contributed by atoms with Crippen molar-refractivity contribution in [1.82, 2.24) is 8.87 Å². The van der Waals surface area contributed by atoms with Crippen LogP contribution in [0.2, 0.25) is 0 Å². The molecular weight excluding hydrogens is 440 g/mol. The van der Waals surface area contributed by atoms with Crippen LogP contribution in [-0.4, -0.2) is 49.2 Å². The maximum absolute atomic E-state index is 13.5. The normalized spacial score (nSPS) is 11.8. The Hall–Kier alpha value is -2.97. The smallest absolute Gasteiger partial charge is 0.354 e. The van der Waals surface area contributed by atoms with Crippen molar-refractivity contribution in [3.8, 4) is 0 Å². The second-order valence-corrected chi connectivity index (χ2v) is 9.88. The molecule has 33 heavy (non-hydrogen) atoms. The van der Waals surface area contributed by atoms with Gasteiger partial charge in [-0.05, 0) is 55.7 Å². The SMILES string of the molecule is CCCN(CC(=O)c1c(C)c(C(=O)OC)n(CC)c1C)S(=O)(=O)c1ccc2ccccc2c1. The van der Waals surface area contributed by atoms with Gasteiger partial charge in [0.15, 0.2) is 5.78 Å². The Morgan fingerprint density at radius 1 is 1.03 bits per heavy atom. The zero-order valence-corrected chi connectivity index (χ0v) is 20.5. The van der Waals surface area contributed by atoms with Gasteiger partial charge < -0.3 is 9.30 Å². The van der Waals surface area contributed by atoms with Gasteiger partial charge in [-0.15, -0.1) is 0 Å². The molecule has 0 saturated carbocycles. The highest BCUT2D eigenvalue weighted by molar-refractivity contribution is 7.89. The zero-order chi connectivity index (χ0) is 24.3. The molecule has 0 bridgehead atoms. The fraction of sp³-hybridized carbons (Fsp3) is 0.360. The highest BCUT2D eigenvalue weighted by Crippen LogP contribution is 2.26. The summed E-state index contributed by atoms with van der Waals surface area (Å²) in [6, 6.07) is 12.5. The maximum Gasteiger partial charge on any atom is 0.354 e. The zero-order valence-electron chi connectivity index (χ0n) is 19.7. The third kappa shape index (κ3) is 4.58. The second-order valence-electron chi connectivity index (χ2n) is 7.94. The number of Topliss-reactive ketones (excluding diaryl/α,β-unsaturated/α-hetero) is 1. The van der Waals surface area contributed by atoms with Crippen LogP contribution in [0.1, 0.15) is 52.4 Å². The highest BCUT2D eigenvalue weighted by Gasteiger charge is 2.31. The molecule has 1 aromatic heterocycles. The lowest BCUT2D eigenvalue weighted by Gasteiger charge is -2.21. The van der Waals surface area contributed by atoms with E-state index < -0.39 is 16.0 Å². The quantitative estimate of drug-likeness (QED) is 0.343. The Balaban J connectivity index is 2.01. The van der Waals surface area contributed by atoms with E-state index in [0.717, 1.165) is 10.8 Å². The third-order valence-electron chi connectivity index (χ3n) is 5.89. The largest absolute Gasteiger partial charge is 0.464 e. The van der Waals surface area contributed by atoms with Gasteiger partial charge in [0.2, 0.25) is 10.0 Å². The van der Waals surface area contributed by atoms with E-state index in [1.54, 1.807) is 36.6 Å². The van der Waals surface area contributed by atoms with Crippen molar-refractivity contribution in [3.05, 3.63) is 65.0 Å². The number of ketones is 1. The van der Waals surface area contributed by atoms with E-state index in [-0.39, 0.29) is 23.8 Å². The number of aromatic nitrogens is 1. The van der Waals surface area contributed by atoms with Crippen LogP contribution in [0.25, 0.3) is 10.8 Å². The van der Waals surface area contributed by atoms with E-state index in [2.05, 4.69) is 0 Å². The van der Waals surface area contributed by atoms with E-state index in [0.29, 0.717) is 35.5 Å². The molecule has 0 amide bonds. The number of nitrogens with zero attached hydrogens (tertiary/aromatic N) is 2. The van der Waals surface area contributed by atoms with Crippen molar-refractivity contribution < 1.29 is 22.7 Å². The first-order chi connectivity index (χ1) is 15.7. The minimum atomic E-state index is -3.90.